The minimum absolute atomic E-state index is 0.0432. The maximum atomic E-state index is 14.1. The van der Waals surface area contributed by atoms with Crippen molar-refractivity contribution < 1.29 is 22.3 Å². The van der Waals surface area contributed by atoms with Gasteiger partial charge in [0.1, 0.15) is 22.5 Å². The van der Waals surface area contributed by atoms with Crippen molar-refractivity contribution in [3.8, 4) is 5.75 Å². The quantitative estimate of drug-likeness (QED) is 0.549. The number of methoxy groups -OCH3 is 1. The molecular weight excluding hydrogens is 445 g/mol. The lowest BCUT2D eigenvalue weighted by molar-refractivity contribution is -0.123. The van der Waals surface area contributed by atoms with Crippen LogP contribution in [-0.4, -0.2) is 52.0 Å². The molecule has 7 nitrogen and oxygen atoms in total. The van der Waals surface area contributed by atoms with Crippen molar-refractivity contribution >= 4 is 15.9 Å². The zero-order valence-electron chi connectivity index (χ0n) is 19.3. The first-order valence-corrected chi connectivity index (χ1v) is 12.6. The molecule has 33 heavy (non-hydrogen) atoms. The van der Waals surface area contributed by atoms with Crippen LogP contribution in [0.2, 0.25) is 0 Å². The third kappa shape index (κ3) is 6.31. The molecule has 1 saturated heterocycles. The van der Waals surface area contributed by atoms with Gasteiger partial charge in [-0.05, 0) is 61.7 Å². The van der Waals surface area contributed by atoms with Gasteiger partial charge in [-0.15, -0.1) is 0 Å². The summed E-state index contributed by atoms with van der Waals surface area (Å²) in [4.78, 5) is 14.9. The average molecular weight is 478 g/mol. The van der Waals surface area contributed by atoms with Gasteiger partial charge >= 0.3 is 0 Å². The number of amides is 1. The maximum absolute atomic E-state index is 14.1. The molecule has 1 aliphatic heterocycles. The Morgan fingerprint density at radius 2 is 1.73 bits per heavy atom. The average Bonchev–Trinajstić information content (AvgIpc) is 3.32. The predicted octanol–water partition coefficient (Wildman–Crippen LogP) is 3.09. The molecule has 9 heteroatoms. The van der Waals surface area contributed by atoms with Crippen molar-refractivity contribution in [1.29, 1.82) is 0 Å². The van der Waals surface area contributed by atoms with E-state index in [1.807, 2.05) is 24.3 Å². The number of halogens is 1. The van der Waals surface area contributed by atoms with Gasteiger partial charge in [-0.2, -0.15) is 4.72 Å². The standard InChI is InChI=1S/C24H32FN3O4S/c1-17(2)23(27-33(30,31)22-9-5-4-8-20(22)25)24(29)26-16-21(28-14-6-7-15-28)18-10-12-19(32-3)13-11-18/h4-5,8-13,17,21,23,27H,6-7,14-16H2,1-3H3,(H,26,29)/t21?,23-/m0/s1. The molecule has 2 N–H and O–H groups in total. The highest BCUT2D eigenvalue weighted by Gasteiger charge is 2.31. The van der Waals surface area contributed by atoms with Gasteiger partial charge in [-0.25, -0.2) is 12.8 Å². The van der Waals surface area contributed by atoms with Gasteiger partial charge in [0.25, 0.3) is 0 Å². The molecule has 1 fully saturated rings. The normalized spacial score (nSPS) is 16.5. The third-order valence-corrected chi connectivity index (χ3v) is 7.38. The summed E-state index contributed by atoms with van der Waals surface area (Å²) in [6.07, 6.45) is 2.19. The number of sulfonamides is 1. The van der Waals surface area contributed by atoms with Crippen LogP contribution < -0.4 is 14.8 Å². The van der Waals surface area contributed by atoms with Crippen LogP contribution in [0.4, 0.5) is 4.39 Å². The highest BCUT2D eigenvalue weighted by Crippen LogP contribution is 2.26. The van der Waals surface area contributed by atoms with Gasteiger partial charge in [0, 0.05) is 6.54 Å². The van der Waals surface area contributed by atoms with Crippen molar-refractivity contribution in [2.75, 3.05) is 26.7 Å². The highest BCUT2D eigenvalue weighted by atomic mass is 32.2. The number of carbonyl (C=O) groups is 1. The monoisotopic (exact) mass is 477 g/mol. The molecule has 2 aromatic carbocycles. The van der Waals surface area contributed by atoms with E-state index in [9.17, 15) is 17.6 Å². The van der Waals surface area contributed by atoms with Crippen LogP contribution in [0.25, 0.3) is 0 Å². The summed E-state index contributed by atoms with van der Waals surface area (Å²) in [5.74, 6) is -0.882. The van der Waals surface area contributed by atoms with Gasteiger partial charge in [0.05, 0.1) is 13.2 Å². The molecule has 2 atom stereocenters. The lowest BCUT2D eigenvalue weighted by Gasteiger charge is -2.29. The van der Waals surface area contributed by atoms with E-state index in [4.69, 9.17) is 4.74 Å². The molecule has 0 radical (unpaired) electrons. The number of nitrogens with one attached hydrogen (secondary N) is 2. The largest absolute Gasteiger partial charge is 0.497 e. The zero-order valence-corrected chi connectivity index (χ0v) is 20.1. The number of hydrogen-bond acceptors (Lipinski definition) is 5. The first-order valence-electron chi connectivity index (χ1n) is 11.2. The summed E-state index contributed by atoms with van der Waals surface area (Å²) < 4.78 is 47.2. The molecule has 0 aliphatic carbocycles. The van der Waals surface area contributed by atoms with Gasteiger partial charge < -0.3 is 10.1 Å². The van der Waals surface area contributed by atoms with Gasteiger partial charge in [-0.1, -0.05) is 38.1 Å². The van der Waals surface area contributed by atoms with Gasteiger partial charge in [-0.3, -0.25) is 9.69 Å². The second-order valence-electron chi connectivity index (χ2n) is 8.55. The molecule has 1 amide bonds. The molecule has 1 aliphatic rings. The SMILES string of the molecule is COc1ccc(C(CNC(=O)[C@@H](NS(=O)(=O)c2ccccc2F)C(C)C)N2CCCC2)cc1. The Kier molecular flexibility index (Phi) is 8.45. The molecular formula is C24H32FN3O4S. The van der Waals surface area contributed by atoms with Crippen LogP contribution in [0.3, 0.4) is 0 Å². The summed E-state index contributed by atoms with van der Waals surface area (Å²) >= 11 is 0. The summed E-state index contributed by atoms with van der Waals surface area (Å²) in [7, 11) is -2.59. The topological polar surface area (TPSA) is 87.7 Å². The first-order chi connectivity index (χ1) is 15.7. The predicted molar refractivity (Wildman–Crippen MR) is 125 cm³/mol. The second-order valence-corrected chi connectivity index (χ2v) is 10.2. The van der Waals surface area contributed by atoms with Crippen LogP contribution in [-0.2, 0) is 14.8 Å². The summed E-state index contributed by atoms with van der Waals surface area (Å²) in [5.41, 5.74) is 1.05. The fourth-order valence-electron chi connectivity index (χ4n) is 4.03. The number of carbonyl (C=O) groups excluding carboxylic acids is 1. The number of ether oxygens (including phenoxy) is 1. The fraction of sp³-hybridized carbons (Fsp3) is 0.458. The Balaban J connectivity index is 1.74. The van der Waals surface area contributed by atoms with E-state index < -0.39 is 32.7 Å². The van der Waals surface area contributed by atoms with E-state index in [1.54, 1.807) is 21.0 Å². The van der Waals surface area contributed by atoms with Crippen molar-refractivity contribution in [3.63, 3.8) is 0 Å². The van der Waals surface area contributed by atoms with Crippen molar-refractivity contribution in [1.82, 2.24) is 14.9 Å². The molecule has 0 spiro atoms. The van der Waals surface area contributed by atoms with Crippen LogP contribution in [0.1, 0.15) is 38.3 Å². The molecule has 180 valence electrons. The number of nitrogens with zero attached hydrogens (tertiary/aromatic N) is 1. The zero-order chi connectivity index (χ0) is 24.0. The van der Waals surface area contributed by atoms with Crippen LogP contribution >= 0.6 is 0 Å². The Bertz CT molecular complexity index is 1040. The summed E-state index contributed by atoms with van der Waals surface area (Å²) in [5, 5.41) is 2.92. The van der Waals surface area contributed by atoms with Crippen molar-refractivity contribution in [2.24, 2.45) is 5.92 Å². The Morgan fingerprint density at radius 3 is 2.30 bits per heavy atom. The van der Waals surface area contributed by atoms with E-state index in [-0.39, 0.29) is 12.0 Å². The lowest BCUT2D eigenvalue weighted by atomic mass is 10.0. The summed E-state index contributed by atoms with van der Waals surface area (Å²) in [6.45, 7) is 5.68. The molecule has 1 heterocycles. The van der Waals surface area contributed by atoms with Gasteiger partial charge in [0.15, 0.2) is 0 Å². The van der Waals surface area contributed by atoms with Crippen molar-refractivity contribution in [2.45, 2.75) is 43.7 Å². The van der Waals surface area contributed by atoms with E-state index in [0.29, 0.717) is 6.54 Å². The second kappa shape index (κ2) is 11.1. The van der Waals surface area contributed by atoms with Crippen LogP contribution in [0.15, 0.2) is 53.4 Å². The molecule has 0 aromatic heterocycles. The van der Waals surface area contributed by atoms with Crippen molar-refractivity contribution in [3.05, 3.63) is 59.9 Å². The van der Waals surface area contributed by atoms with E-state index in [2.05, 4.69) is 14.9 Å². The Labute approximate surface area is 195 Å². The van der Waals surface area contributed by atoms with E-state index in [1.165, 1.54) is 18.2 Å². The molecule has 1 unspecified atom stereocenters. The summed E-state index contributed by atoms with van der Waals surface area (Å²) in [6, 6.07) is 11.8. The maximum Gasteiger partial charge on any atom is 0.244 e. The van der Waals surface area contributed by atoms with E-state index in [0.717, 1.165) is 43.3 Å². The fourth-order valence-corrected chi connectivity index (χ4v) is 5.45. The smallest absolute Gasteiger partial charge is 0.244 e. The minimum atomic E-state index is -4.20. The number of likely N-dealkylation sites (tertiary alicyclic amines) is 1. The molecule has 2 aromatic rings. The van der Waals surface area contributed by atoms with Crippen LogP contribution in [0, 0.1) is 11.7 Å². The van der Waals surface area contributed by atoms with Gasteiger partial charge in [0.2, 0.25) is 15.9 Å². The molecule has 0 saturated carbocycles. The number of rotatable bonds is 10. The molecule has 3 rings (SSSR count). The van der Waals surface area contributed by atoms with Crippen LogP contribution in [0.5, 0.6) is 5.75 Å². The molecule has 0 bridgehead atoms. The highest BCUT2D eigenvalue weighted by molar-refractivity contribution is 7.89. The lowest BCUT2D eigenvalue weighted by Crippen LogP contribution is -2.51. The Hall–Kier alpha value is -2.49. The third-order valence-electron chi connectivity index (χ3n) is 5.91. The minimum Gasteiger partial charge on any atom is -0.497 e. The Morgan fingerprint density at radius 1 is 1.09 bits per heavy atom. The number of benzene rings is 2. The van der Waals surface area contributed by atoms with E-state index >= 15 is 0 Å². The number of hydrogen-bond donors (Lipinski definition) is 2. The first kappa shape index (κ1) is 25.1.